The van der Waals surface area contributed by atoms with Crippen molar-refractivity contribution in [1.29, 1.82) is 0 Å². The third-order valence-electron chi connectivity index (χ3n) is 8.22. The Kier molecular flexibility index (Phi) is 4.00. The van der Waals surface area contributed by atoms with Crippen molar-refractivity contribution in [2.75, 3.05) is 19.6 Å². The van der Waals surface area contributed by atoms with Gasteiger partial charge in [0, 0.05) is 6.54 Å². The minimum absolute atomic E-state index is 0.506. The fourth-order valence-corrected chi connectivity index (χ4v) is 7.49. The van der Waals surface area contributed by atoms with Crippen LogP contribution < -0.4 is 0 Å². The maximum atomic E-state index is 2.84. The molecule has 0 N–H and O–H groups in total. The van der Waals surface area contributed by atoms with Crippen molar-refractivity contribution in [3.05, 3.63) is 35.4 Å². The molecule has 0 radical (unpaired) electrons. The van der Waals surface area contributed by atoms with E-state index >= 15 is 0 Å². The standard InChI is InChI=1S/C24H35N/c1-19-5-7-22(8-6-19)24-15-20-9-10-23(17-24,14-21(13-20)16-24)18-25-11-3-2-4-12-25/h5-8,20-21H,2-4,9-18H2,1H3. The van der Waals surface area contributed by atoms with E-state index in [0.717, 1.165) is 11.8 Å². The van der Waals surface area contributed by atoms with Gasteiger partial charge in [-0.2, -0.15) is 0 Å². The lowest BCUT2D eigenvalue weighted by molar-refractivity contribution is 0.00998. The summed E-state index contributed by atoms with van der Waals surface area (Å²) < 4.78 is 0. The molecule has 6 rings (SSSR count). The molecular weight excluding hydrogens is 302 g/mol. The Morgan fingerprint density at radius 1 is 0.960 bits per heavy atom. The number of hydrogen-bond acceptors (Lipinski definition) is 1. The van der Waals surface area contributed by atoms with E-state index in [9.17, 15) is 0 Å². The van der Waals surface area contributed by atoms with Gasteiger partial charge in [0.15, 0.2) is 0 Å². The van der Waals surface area contributed by atoms with Crippen molar-refractivity contribution >= 4 is 0 Å². The highest BCUT2D eigenvalue weighted by atomic mass is 15.1. The van der Waals surface area contributed by atoms with Crippen LogP contribution in [0.2, 0.25) is 0 Å². The first-order chi connectivity index (χ1) is 12.1. The molecule has 4 saturated carbocycles. The largest absolute Gasteiger partial charge is 0.303 e. The Bertz CT molecular complexity index is 613. The molecule has 1 saturated heterocycles. The minimum Gasteiger partial charge on any atom is -0.303 e. The highest BCUT2D eigenvalue weighted by Crippen LogP contribution is 2.63. The van der Waals surface area contributed by atoms with E-state index in [0.29, 0.717) is 10.8 Å². The lowest BCUT2D eigenvalue weighted by Crippen LogP contribution is -2.50. The van der Waals surface area contributed by atoms with Crippen LogP contribution in [0, 0.1) is 24.2 Å². The summed E-state index contributed by atoms with van der Waals surface area (Å²) >= 11 is 0. The molecule has 0 spiro atoms. The van der Waals surface area contributed by atoms with E-state index < -0.39 is 0 Å². The molecule has 25 heavy (non-hydrogen) atoms. The molecule has 1 aromatic rings. The number of piperidine rings is 1. The van der Waals surface area contributed by atoms with Gasteiger partial charge < -0.3 is 4.90 Å². The molecule has 1 aliphatic heterocycles. The van der Waals surface area contributed by atoms with E-state index in [4.69, 9.17) is 0 Å². The van der Waals surface area contributed by atoms with Gasteiger partial charge in [0.1, 0.15) is 0 Å². The topological polar surface area (TPSA) is 3.24 Å². The zero-order valence-electron chi connectivity index (χ0n) is 16.1. The first kappa shape index (κ1) is 16.4. The number of nitrogens with zero attached hydrogens (tertiary/aromatic N) is 1. The normalized spacial score (nSPS) is 41.0. The average Bonchev–Trinajstić information content (AvgIpc) is 2.79. The van der Waals surface area contributed by atoms with Gasteiger partial charge >= 0.3 is 0 Å². The van der Waals surface area contributed by atoms with Gasteiger partial charge in [-0.1, -0.05) is 36.2 Å². The van der Waals surface area contributed by atoms with E-state index in [2.05, 4.69) is 36.1 Å². The molecule has 5 aliphatic rings. The van der Waals surface area contributed by atoms with Crippen LogP contribution in [0.3, 0.4) is 0 Å². The summed E-state index contributed by atoms with van der Waals surface area (Å²) in [5.41, 5.74) is 4.22. The number of benzene rings is 1. The first-order valence-corrected chi connectivity index (χ1v) is 10.9. The number of likely N-dealkylation sites (tertiary alicyclic amines) is 1. The van der Waals surface area contributed by atoms with Gasteiger partial charge in [-0.25, -0.2) is 0 Å². The highest BCUT2D eigenvalue weighted by Gasteiger charge is 2.55. The maximum Gasteiger partial charge on any atom is 0.00384 e. The fraction of sp³-hybridized carbons (Fsp3) is 0.750. The monoisotopic (exact) mass is 337 g/mol. The second-order valence-corrected chi connectivity index (χ2v) is 10.3. The molecule has 136 valence electrons. The molecule has 0 amide bonds. The molecule has 1 nitrogen and oxygen atoms in total. The molecule has 5 fully saturated rings. The molecule has 4 bridgehead atoms. The Morgan fingerprint density at radius 3 is 2.52 bits per heavy atom. The Labute approximate surface area is 154 Å². The number of hydrogen-bond donors (Lipinski definition) is 0. The SMILES string of the molecule is Cc1ccc(C23CC4CCC(CN5CCCCC5)(CC(C4)C2)C3)cc1. The van der Waals surface area contributed by atoms with E-state index in [1.165, 1.54) is 89.4 Å². The maximum absolute atomic E-state index is 2.84. The van der Waals surface area contributed by atoms with Crippen molar-refractivity contribution in [1.82, 2.24) is 4.90 Å². The Hall–Kier alpha value is -0.820. The van der Waals surface area contributed by atoms with E-state index in [1.54, 1.807) is 5.56 Å². The summed E-state index contributed by atoms with van der Waals surface area (Å²) in [5, 5.41) is 0. The van der Waals surface area contributed by atoms with Crippen molar-refractivity contribution in [3.63, 3.8) is 0 Å². The van der Waals surface area contributed by atoms with Crippen molar-refractivity contribution in [2.24, 2.45) is 17.3 Å². The Balaban J connectivity index is 1.47. The first-order valence-electron chi connectivity index (χ1n) is 10.9. The lowest BCUT2D eigenvalue weighted by atomic mass is 9.52. The molecule has 4 atom stereocenters. The second kappa shape index (κ2) is 6.12. The zero-order chi connectivity index (χ0) is 16.9. The summed E-state index contributed by atoms with van der Waals surface area (Å²) in [4.78, 5) is 2.84. The second-order valence-electron chi connectivity index (χ2n) is 10.3. The van der Waals surface area contributed by atoms with E-state index in [-0.39, 0.29) is 0 Å². The van der Waals surface area contributed by atoms with Crippen LogP contribution in [-0.2, 0) is 5.41 Å². The van der Waals surface area contributed by atoms with Crippen LogP contribution in [0.1, 0.15) is 75.3 Å². The van der Waals surface area contributed by atoms with Crippen LogP contribution in [0.5, 0.6) is 0 Å². The zero-order valence-corrected chi connectivity index (χ0v) is 16.1. The molecule has 0 aromatic heterocycles. The van der Waals surface area contributed by atoms with Gasteiger partial charge in [-0.15, -0.1) is 0 Å². The Morgan fingerprint density at radius 2 is 1.72 bits per heavy atom. The van der Waals surface area contributed by atoms with Crippen molar-refractivity contribution in [2.45, 2.75) is 76.5 Å². The summed E-state index contributed by atoms with van der Waals surface area (Å²) in [6, 6.07) is 9.69. The van der Waals surface area contributed by atoms with Crippen LogP contribution >= 0.6 is 0 Å². The lowest BCUT2D eigenvalue weighted by Gasteiger charge is -2.54. The molecule has 4 aliphatic carbocycles. The van der Waals surface area contributed by atoms with Gasteiger partial charge in [-0.3, -0.25) is 0 Å². The quantitative estimate of drug-likeness (QED) is 0.683. The number of rotatable bonds is 3. The van der Waals surface area contributed by atoms with Crippen LogP contribution in [0.25, 0.3) is 0 Å². The fourth-order valence-electron chi connectivity index (χ4n) is 7.49. The highest BCUT2D eigenvalue weighted by molar-refractivity contribution is 5.32. The summed E-state index contributed by atoms with van der Waals surface area (Å²) in [6.07, 6.45) is 14.9. The van der Waals surface area contributed by atoms with Gasteiger partial charge in [0.2, 0.25) is 0 Å². The number of fused-ring (bicyclic) bond motifs is 1. The summed E-state index contributed by atoms with van der Waals surface area (Å²) in [5.74, 6) is 2.01. The smallest absolute Gasteiger partial charge is 0.00384 e. The number of aryl methyl sites for hydroxylation is 1. The third-order valence-corrected chi connectivity index (χ3v) is 8.22. The molecule has 1 heteroatoms. The average molecular weight is 338 g/mol. The van der Waals surface area contributed by atoms with Crippen molar-refractivity contribution in [3.8, 4) is 0 Å². The third kappa shape index (κ3) is 2.97. The minimum atomic E-state index is 0.506. The van der Waals surface area contributed by atoms with Crippen LogP contribution in [-0.4, -0.2) is 24.5 Å². The van der Waals surface area contributed by atoms with Gasteiger partial charge in [0.25, 0.3) is 0 Å². The van der Waals surface area contributed by atoms with Crippen molar-refractivity contribution < 1.29 is 0 Å². The van der Waals surface area contributed by atoms with E-state index in [1.807, 2.05) is 0 Å². The predicted octanol–water partition coefficient (Wildman–Crippen LogP) is 5.71. The van der Waals surface area contributed by atoms with Gasteiger partial charge in [-0.05, 0) is 106 Å². The molecule has 1 heterocycles. The summed E-state index contributed by atoms with van der Waals surface area (Å²) in [7, 11) is 0. The van der Waals surface area contributed by atoms with Gasteiger partial charge in [0.05, 0.1) is 0 Å². The molecular formula is C24H35N. The van der Waals surface area contributed by atoms with Crippen LogP contribution in [0.15, 0.2) is 24.3 Å². The summed E-state index contributed by atoms with van der Waals surface area (Å²) in [6.45, 7) is 6.37. The van der Waals surface area contributed by atoms with Crippen LogP contribution in [0.4, 0.5) is 0 Å². The molecule has 4 unspecified atom stereocenters. The molecule has 1 aromatic carbocycles. The predicted molar refractivity (Wildman–Crippen MR) is 105 cm³/mol.